The summed E-state index contributed by atoms with van der Waals surface area (Å²) in [6, 6.07) is 2.12. The smallest absolute Gasteiger partial charge is 0.0718 e. The number of likely N-dealkylation sites (N-methyl/N-ethyl adjacent to an activating group) is 1. The first-order chi connectivity index (χ1) is 5.97. The maximum atomic E-state index is 9.58. The Bertz CT molecular complexity index is 238. The van der Waals surface area contributed by atoms with Crippen LogP contribution < -0.4 is 0 Å². The fraction of sp³-hybridized carbons (Fsp3) is 0.600. The van der Waals surface area contributed by atoms with Gasteiger partial charge in [0, 0.05) is 13.1 Å². The van der Waals surface area contributed by atoms with Gasteiger partial charge >= 0.3 is 0 Å². The highest BCUT2D eigenvalue weighted by molar-refractivity contribution is 7.07. The Morgan fingerprint density at radius 2 is 2.23 bits per heavy atom. The molecule has 1 N–H and O–H groups in total. The van der Waals surface area contributed by atoms with Crippen LogP contribution in [-0.4, -0.2) is 29.2 Å². The van der Waals surface area contributed by atoms with Gasteiger partial charge in [0.15, 0.2) is 0 Å². The van der Waals surface area contributed by atoms with E-state index < -0.39 is 5.60 Å². The molecule has 1 aromatic rings. The molecule has 1 heterocycles. The fourth-order valence-electron chi connectivity index (χ4n) is 1.41. The highest BCUT2D eigenvalue weighted by Crippen LogP contribution is 2.10. The van der Waals surface area contributed by atoms with Crippen molar-refractivity contribution in [1.29, 1.82) is 0 Å². The molecule has 1 rings (SSSR count). The summed E-state index contributed by atoms with van der Waals surface area (Å²) in [7, 11) is 2.02. The summed E-state index contributed by atoms with van der Waals surface area (Å²) in [6.45, 7) is 5.27. The number of nitrogens with zero attached hydrogens (tertiary/aromatic N) is 1. The van der Waals surface area contributed by atoms with Gasteiger partial charge in [0.05, 0.1) is 5.60 Å². The van der Waals surface area contributed by atoms with E-state index in [4.69, 9.17) is 0 Å². The van der Waals surface area contributed by atoms with Crippen LogP contribution in [0.2, 0.25) is 0 Å². The number of aliphatic hydroxyl groups is 1. The molecule has 0 radical (unpaired) electrons. The molecule has 3 heteroatoms. The maximum absolute atomic E-state index is 9.58. The van der Waals surface area contributed by atoms with Crippen LogP contribution in [0.4, 0.5) is 0 Å². The molecule has 0 spiro atoms. The predicted octanol–water partition coefficient (Wildman–Crippen LogP) is 1.95. The first-order valence-corrected chi connectivity index (χ1v) is 5.34. The molecule has 2 nitrogen and oxygen atoms in total. The van der Waals surface area contributed by atoms with E-state index in [0.29, 0.717) is 6.54 Å². The molecule has 0 aromatic carbocycles. The minimum Gasteiger partial charge on any atom is -0.389 e. The van der Waals surface area contributed by atoms with Crippen molar-refractivity contribution in [2.75, 3.05) is 13.6 Å². The Labute approximate surface area is 83.8 Å². The van der Waals surface area contributed by atoms with Crippen LogP contribution in [0.3, 0.4) is 0 Å². The van der Waals surface area contributed by atoms with E-state index in [9.17, 15) is 5.11 Å². The molecule has 0 saturated carbocycles. The van der Waals surface area contributed by atoms with Crippen molar-refractivity contribution in [3.63, 3.8) is 0 Å². The normalized spacial score (nSPS) is 12.4. The largest absolute Gasteiger partial charge is 0.389 e. The van der Waals surface area contributed by atoms with Gasteiger partial charge in [0.25, 0.3) is 0 Å². The summed E-state index contributed by atoms with van der Waals surface area (Å²) in [6.07, 6.45) is 0. The maximum Gasteiger partial charge on any atom is 0.0718 e. The quantitative estimate of drug-likeness (QED) is 0.801. The summed E-state index contributed by atoms with van der Waals surface area (Å²) < 4.78 is 0. The molecule has 74 valence electrons. The van der Waals surface area contributed by atoms with E-state index in [1.807, 2.05) is 20.9 Å². The molecule has 0 fully saturated rings. The molecular formula is C10H17NOS. The summed E-state index contributed by atoms with van der Waals surface area (Å²) >= 11 is 1.71. The third kappa shape index (κ3) is 4.41. The van der Waals surface area contributed by atoms with Crippen molar-refractivity contribution in [1.82, 2.24) is 4.90 Å². The lowest BCUT2D eigenvalue weighted by atomic mass is 10.1. The van der Waals surface area contributed by atoms with Crippen LogP contribution in [0.1, 0.15) is 19.4 Å². The Hall–Kier alpha value is -0.380. The van der Waals surface area contributed by atoms with Crippen LogP contribution in [0.15, 0.2) is 16.8 Å². The second kappa shape index (κ2) is 4.22. The molecule has 13 heavy (non-hydrogen) atoms. The third-order valence-corrected chi connectivity index (χ3v) is 2.42. The van der Waals surface area contributed by atoms with Crippen molar-refractivity contribution < 1.29 is 5.11 Å². The van der Waals surface area contributed by atoms with E-state index in [1.165, 1.54) is 5.56 Å². The lowest BCUT2D eigenvalue weighted by molar-refractivity contribution is 0.0425. The fourth-order valence-corrected chi connectivity index (χ4v) is 2.07. The zero-order valence-electron chi connectivity index (χ0n) is 8.45. The first-order valence-electron chi connectivity index (χ1n) is 4.39. The zero-order chi connectivity index (χ0) is 9.90. The number of thiophene rings is 1. The molecule has 0 amide bonds. The molecule has 0 aliphatic carbocycles. The SMILES string of the molecule is CN(Cc1ccsc1)CC(C)(C)O. The van der Waals surface area contributed by atoms with E-state index >= 15 is 0 Å². The predicted molar refractivity (Wildman–Crippen MR) is 57.0 cm³/mol. The van der Waals surface area contributed by atoms with Crippen molar-refractivity contribution >= 4 is 11.3 Å². The highest BCUT2D eigenvalue weighted by atomic mass is 32.1. The van der Waals surface area contributed by atoms with E-state index in [1.54, 1.807) is 11.3 Å². The van der Waals surface area contributed by atoms with Crippen LogP contribution in [-0.2, 0) is 6.54 Å². The Morgan fingerprint density at radius 1 is 1.54 bits per heavy atom. The standard InChI is InChI=1S/C10H17NOS/c1-10(2,12)8-11(3)6-9-4-5-13-7-9/h4-5,7,12H,6,8H2,1-3H3. The van der Waals surface area contributed by atoms with Crippen molar-refractivity contribution in [2.45, 2.75) is 26.0 Å². The molecule has 0 atom stereocenters. The topological polar surface area (TPSA) is 23.5 Å². The van der Waals surface area contributed by atoms with E-state index in [2.05, 4.69) is 21.7 Å². The van der Waals surface area contributed by atoms with E-state index in [0.717, 1.165) is 6.54 Å². The highest BCUT2D eigenvalue weighted by Gasteiger charge is 2.15. The number of hydrogen-bond acceptors (Lipinski definition) is 3. The molecule has 1 aromatic heterocycles. The third-order valence-electron chi connectivity index (χ3n) is 1.69. The van der Waals surface area contributed by atoms with Crippen molar-refractivity contribution in [3.05, 3.63) is 22.4 Å². The second-order valence-electron chi connectivity index (χ2n) is 4.12. The average Bonchev–Trinajstić information content (AvgIpc) is 2.34. The van der Waals surface area contributed by atoms with E-state index in [-0.39, 0.29) is 0 Å². The van der Waals surface area contributed by atoms with Crippen LogP contribution in [0.25, 0.3) is 0 Å². The molecular weight excluding hydrogens is 182 g/mol. The van der Waals surface area contributed by atoms with Gasteiger partial charge in [0.1, 0.15) is 0 Å². The molecule has 0 saturated heterocycles. The Morgan fingerprint density at radius 3 is 2.69 bits per heavy atom. The van der Waals surface area contributed by atoms with Gasteiger partial charge < -0.3 is 5.11 Å². The zero-order valence-corrected chi connectivity index (χ0v) is 9.27. The Kier molecular flexibility index (Phi) is 3.47. The van der Waals surface area contributed by atoms with Crippen LogP contribution in [0, 0.1) is 0 Å². The van der Waals surface area contributed by atoms with Gasteiger partial charge in [0.2, 0.25) is 0 Å². The monoisotopic (exact) mass is 199 g/mol. The lowest BCUT2D eigenvalue weighted by Crippen LogP contribution is -2.35. The van der Waals surface area contributed by atoms with Gasteiger partial charge in [-0.25, -0.2) is 0 Å². The lowest BCUT2D eigenvalue weighted by Gasteiger charge is -2.24. The minimum atomic E-state index is -0.606. The molecule has 0 aliphatic heterocycles. The second-order valence-corrected chi connectivity index (χ2v) is 4.90. The average molecular weight is 199 g/mol. The summed E-state index contributed by atoms with van der Waals surface area (Å²) in [5, 5.41) is 13.8. The number of hydrogen-bond donors (Lipinski definition) is 1. The Balaban J connectivity index is 2.38. The van der Waals surface area contributed by atoms with Gasteiger partial charge in [-0.15, -0.1) is 0 Å². The molecule has 0 unspecified atom stereocenters. The minimum absolute atomic E-state index is 0.606. The summed E-state index contributed by atoms with van der Waals surface area (Å²) in [4.78, 5) is 2.13. The van der Waals surface area contributed by atoms with Gasteiger partial charge in [-0.3, -0.25) is 4.90 Å². The molecule has 0 aliphatic rings. The van der Waals surface area contributed by atoms with Crippen molar-refractivity contribution in [3.8, 4) is 0 Å². The van der Waals surface area contributed by atoms with Crippen molar-refractivity contribution in [2.24, 2.45) is 0 Å². The first kappa shape index (κ1) is 10.7. The molecule has 0 bridgehead atoms. The van der Waals surface area contributed by atoms with Gasteiger partial charge in [-0.05, 0) is 43.3 Å². The van der Waals surface area contributed by atoms with Gasteiger partial charge in [-0.2, -0.15) is 11.3 Å². The van der Waals surface area contributed by atoms with Crippen LogP contribution >= 0.6 is 11.3 Å². The summed E-state index contributed by atoms with van der Waals surface area (Å²) in [5.41, 5.74) is 0.710. The van der Waals surface area contributed by atoms with Gasteiger partial charge in [-0.1, -0.05) is 0 Å². The number of rotatable bonds is 4. The van der Waals surface area contributed by atoms with Crippen LogP contribution in [0.5, 0.6) is 0 Å². The summed E-state index contributed by atoms with van der Waals surface area (Å²) in [5.74, 6) is 0.